The van der Waals surface area contributed by atoms with Gasteiger partial charge in [0.2, 0.25) is 5.95 Å². The number of nitrogens with one attached hydrogen (secondary N) is 1. The first-order valence-electron chi connectivity index (χ1n) is 11.8. The third kappa shape index (κ3) is 4.83. The topological polar surface area (TPSA) is 144 Å². The molecule has 12 nitrogen and oxygen atoms in total. The number of aromatic nitrogens is 6. The summed E-state index contributed by atoms with van der Waals surface area (Å²) in [6, 6.07) is 1.90. The first kappa shape index (κ1) is 24.3. The van der Waals surface area contributed by atoms with Crippen molar-refractivity contribution in [1.82, 2.24) is 29.1 Å². The van der Waals surface area contributed by atoms with Crippen LogP contribution in [0.2, 0.25) is 0 Å². The molecule has 0 saturated heterocycles. The molecule has 12 heteroatoms. The highest BCUT2D eigenvalue weighted by molar-refractivity contribution is 5.85. The van der Waals surface area contributed by atoms with Crippen LogP contribution < -0.4 is 26.1 Å². The largest absolute Gasteiger partial charge is 0.491 e. The molecule has 0 spiro atoms. The molecule has 1 fully saturated rings. The summed E-state index contributed by atoms with van der Waals surface area (Å²) in [5.41, 5.74) is 8.65. The number of hydrogen-bond acceptors (Lipinski definition) is 10. The highest BCUT2D eigenvalue weighted by atomic mass is 16.5. The summed E-state index contributed by atoms with van der Waals surface area (Å²) >= 11 is 0. The van der Waals surface area contributed by atoms with Crippen LogP contribution in [0.1, 0.15) is 30.0 Å². The average Bonchev–Trinajstić information content (AvgIpc) is 3.73. The van der Waals surface area contributed by atoms with Crippen molar-refractivity contribution in [2.24, 2.45) is 12.8 Å². The maximum absolute atomic E-state index is 13.2. The van der Waals surface area contributed by atoms with Gasteiger partial charge in [-0.1, -0.05) is 0 Å². The molecule has 192 valence electrons. The second-order valence-corrected chi connectivity index (χ2v) is 8.62. The summed E-state index contributed by atoms with van der Waals surface area (Å²) < 4.78 is 20.3. The highest BCUT2D eigenvalue weighted by Gasteiger charge is 2.26. The van der Waals surface area contributed by atoms with Gasteiger partial charge >= 0.3 is 0 Å². The number of fused-ring (bicyclic) bond motifs is 1. The van der Waals surface area contributed by atoms with Crippen molar-refractivity contribution in [1.29, 1.82) is 0 Å². The van der Waals surface area contributed by atoms with Crippen molar-refractivity contribution in [2.45, 2.75) is 25.3 Å². The fourth-order valence-electron chi connectivity index (χ4n) is 4.09. The number of nitrogens with two attached hydrogens (primary N) is 1. The molecule has 0 aromatic carbocycles. The predicted molar refractivity (Wildman–Crippen MR) is 138 cm³/mol. The Hall–Kier alpha value is -4.45. The van der Waals surface area contributed by atoms with E-state index in [0.29, 0.717) is 64.8 Å². The van der Waals surface area contributed by atoms with Gasteiger partial charge in [0.25, 0.3) is 5.56 Å². The zero-order chi connectivity index (χ0) is 25.9. The minimum Gasteiger partial charge on any atom is -0.491 e. The van der Waals surface area contributed by atoms with E-state index in [-0.39, 0.29) is 5.56 Å². The summed E-state index contributed by atoms with van der Waals surface area (Å²) in [4.78, 5) is 30.5. The number of imidazole rings is 1. The molecule has 3 N–H and O–H groups in total. The van der Waals surface area contributed by atoms with E-state index < -0.39 is 0 Å². The third-order valence-corrected chi connectivity index (χ3v) is 6.15. The zero-order valence-corrected chi connectivity index (χ0v) is 20.8. The van der Waals surface area contributed by atoms with E-state index in [1.807, 2.05) is 19.3 Å². The first-order valence-corrected chi connectivity index (χ1v) is 11.8. The van der Waals surface area contributed by atoms with Crippen LogP contribution in [-0.2, 0) is 18.3 Å². The van der Waals surface area contributed by atoms with Gasteiger partial charge < -0.3 is 34.4 Å². The number of rotatable bonds is 10. The summed E-state index contributed by atoms with van der Waals surface area (Å²) in [5, 5.41) is 3.21. The van der Waals surface area contributed by atoms with E-state index in [1.54, 1.807) is 34.8 Å². The lowest BCUT2D eigenvalue weighted by atomic mass is 10.2. The molecule has 0 atom stereocenters. The Morgan fingerprint density at radius 3 is 2.76 bits per heavy atom. The second-order valence-electron chi connectivity index (χ2n) is 8.62. The Labute approximate surface area is 212 Å². The third-order valence-electron chi connectivity index (χ3n) is 6.15. The molecule has 4 heterocycles. The molecule has 1 saturated carbocycles. The molecule has 0 amide bonds. The van der Waals surface area contributed by atoms with E-state index in [9.17, 15) is 4.79 Å². The molecule has 1 aliphatic rings. The molecule has 0 unspecified atom stereocenters. The Kier molecular flexibility index (Phi) is 6.73. The van der Waals surface area contributed by atoms with Gasteiger partial charge in [0, 0.05) is 45.5 Å². The van der Waals surface area contributed by atoms with Crippen molar-refractivity contribution in [3.8, 4) is 11.5 Å². The minimum absolute atomic E-state index is 0.154. The van der Waals surface area contributed by atoms with E-state index in [2.05, 4.69) is 25.3 Å². The molecular weight excluding hydrogens is 476 g/mol. The molecular formula is C25H28N8O4. The number of nitrogens with zero attached hydrogens (tertiary/aromatic N) is 6. The lowest BCUT2D eigenvalue weighted by Crippen LogP contribution is -2.25. The Morgan fingerprint density at radius 2 is 2.08 bits per heavy atom. The molecule has 0 aliphatic heterocycles. The molecule has 0 bridgehead atoms. The molecule has 37 heavy (non-hydrogen) atoms. The van der Waals surface area contributed by atoms with Crippen LogP contribution in [-0.4, -0.2) is 49.9 Å². The number of methoxy groups -OCH3 is 2. The zero-order valence-electron chi connectivity index (χ0n) is 20.8. The maximum Gasteiger partial charge on any atom is 0.274 e. The summed E-state index contributed by atoms with van der Waals surface area (Å²) in [6.45, 7) is 0.906. The number of anilines is 2. The summed E-state index contributed by atoms with van der Waals surface area (Å²) in [7, 11) is 4.96. The van der Waals surface area contributed by atoms with Crippen LogP contribution in [0.4, 0.5) is 11.6 Å². The van der Waals surface area contributed by atoms with E-state index in [0.717, 1.165) is 18.4 Å². The van der Waals surface area contributed by atoms with Crippen LogP contribution in [0.15, 0.2) is 48.0 Å². The molecule has 4 aromatic heterocycles. The normalized spacial score (nSPS) is 13.6. The molecule has 4 aromatic rings. The summed E-state index contributed by atoms with van der Waals surface area (Å²) in [6.07, 6.45) is 11.6. The van der Waals surface area contributed by atoms with Gasteiger partial charge in [0.1, 0.15) is 16.9 Å². The number of aryl methyl sites for hydroxylation is 1. The van der Waals surface area contributed by atoms with Crippen molar-refractivity contribution in [2.75, 3.05) is 26.1 Å². The lowest BCUT2D eigenvalue weighted by molar-refractivity contribution is 0.186. The molecule has 1 aliphatic carbocycles. The fraction of sp³-hybridized carbons (Fsp3) is 0.320. The van der Waals surface area contributed by atoms with Gasteiger partial charge in [0.15, 0.2) is 22.9 Å². The van der Waals surface area contributed by atoms with Gasteiger partial charge in [-0.3, -0.25) is 9.78 Å². The van der Waals surface area contributed by atoms with Crippen molar-refractivity contribution >= 4 is 28.6 Å². The van der Waals surface area contributed by atoms with Crippen LogP contribution >= 0.6 is 0 Å². The highest BCUT2D eigenvalue weighted by Crippen LogP contribution is 2.41. The van der Waals surface area contributed by atoms with E-state index >= 15 is 0 Å². The van der Waals surface area contributed by atoms with Crippen LogP contribution in [0, 0.1) is 0 Å². The van der Waals surface area contributed by atoms with E-state index in [1.165, 1.54) is 19.5 Å². The van der Waals surface area contributed by atoms with E-state index in [4.69, 9.17) is 19.9 Å². The van der Waals surface area contributed by atoms with Crippen molar-refractivity contribution in [3.05, 3.63) is 64.9 Å². The lowest BCUT2D eigenvalue weighted by Gasteiger charge is -2.14. The van der Waals surface area contributed by atoms with Crippen LogP contribution in [0.3, 0.4) is 0 Å². The Balaban J connectivity index is 1.52. The Bertz CT molecular complexity index is 1510. The standard InChI is InChI=1S/C25H28N8O4/c1-32-21-22(36-3)20(37-19(11-26)18-12-27-6-7-28-18)13-29-23(21)31-25(32)30-17-10-16(15-4-5-15)14-33(24(17)34)8-9-35-2/h6-7,10-15H,4-5,8-9,26H2,1-3H3,(H,29,30,31). The van der Waals surface area contributed by atoms with Gasteiger partial charge in [-0.2, -0.15) is 4.98 Å². The maximum atomic E-state index is 13.2. The number of hydrogen-bond donors (Lipinski definition) is 2. The van der Waals surface area contributed by atoms with Gasteiger partial charge in [-0.15, -0.1) is 0 Å². The monoisotopic (exact) mass is 504 g/mol. The Morgan fingerprint density at radius 1 is 1.24 bits per heavy atom. The smallest absolute Gasteiger partial charge is 0.274 e. The van der Waals surface area contributed by atoms with Gasteiger partial charge in [-0.05, 0) is 30.4 Å². The van der Waals surface area contributed by atoms with Gasteiger partial charge in [-0.25, -0.2) is 9.97 Å². The summed E-state index contributed by atoms with van der Waals surface area (Å²) in [5.74, 6) is 1.92. The predicted octanol–water partition coefficient (Wildman–Crippen LogP) is 2.53. The second kappa shape index (κ2) is 10.3. The first-order chi connectivity index (χ1) is 18.0. The van der Waals surface area contributed by atoms with Crippen LogP contribution in [0.5, 0.6) is 11.5 Å². The molecule has 0 radical (unpaired) electrons. The minimum atomic E-state index is -0.154. The van der Waals surface area contributed by atoms with Crippen molar-refractivity contribution in [3.63, 3.8) is 0 Å². The molecule has 5 rings (SSSR count). The number of ether oxygens (including phenoxy) is 3. The van der Waals surface area contributed by atoms with Crippen LogP contribution in [0.25, 0.3) is 16.9 Å². The SMILES string of the molecule is COCCn1cc(C2CC2)cc(Nc2nc3ncc(OC(=CN)c4cnccn4)c(OC)c3n2C)c1=O. The quantitative estimate of drug-likeness (QED) is 0.309. The fourth-order valence-corrected chi connectivity index (χ4v) is 4.09. The average molecular weight is 505 g/mol. The number of pyridine rings is 2. The van der Waals surface area contributed by atoms with Crippen molar-refractivity contribution < 1.29 is 14.2 Å². The van der Waals surface area contributed by atoms with Gasteiger partial charge in [0.05, 0.1) is 26.1 Å².